The molecular weight excluding hydrogens is 646 g/mol. The zero-order chi connectivity index (χ0) is 36.2. The summed E-state index contributed by atoms with van der Waals surface area (Å²) < 4.78 is 10.6. The van der Waals surface area contributed by atoms with Gasteiger partial charge in [-0.05, 0) is 69.9 Å². The molecule has 3 rings (SSSR count). The van der Waals surface area contributed by atoms with Gasteiger partial charge in [-0.3, -0.25) is 29.4 Å². The minimum atomic E-state index is -0.837. The summed E-state index contributed by atoms with van der Waals surface area (Å²) in [5.74, 6) is -1.34. The predicted octanol–water partition coefficient (Wildman–Crippen LogP) is 4.67. The maximum absolute atomic E-state index is 14.1. The number of methoxy groups -OCH3 is 1. The molecule has 49 heavy (non-hydrogen) atoms. The van der Waals surface area contributed by atoms with Crippen molar-refractivity contribution in [2.75, 3.05) is 27.2 Å². The fraction of sp³-hybridized carbons (Fsp3) is 0.806. The fourth-order valence-electron chi connectivity index (χ4n) is 7.18. The van der Waals surface area contributed by atoms with Crippen LogP contribution in [0.1, 0.15) is 127 Å². The van der Waals surface area contributed by atoms with Crippen LogP contribution < -0.4 is 10.6 Å². The van der Waals surface area contributed by atoms with E-state index in [1.54, 1.807) is 17.3 Å². The van der Waals surface area contributed by atoms with Crippen LogP contribution in [0.15, 0.2) is 5.38 Å². The number of likely N-dealkylation sites (N-methyl/N-ethyl adjacent to an activating group) is 1. The molecule has 278 valence electrons. The molecule has 12 nitrogen and oxygen atoms in total. The normalized spacial score (nSPS) is 22.6. The van der Waals surface area contributed by atoms with E-state index >= 15 is 0 Å². The van der Waals surface area contributed by atoms with Crippen LogP contribution >= 0.6 is 11.3 Å². The van der Waals surface area contributed by atoms with E-state index < -0.39 is 24.3 Å². The summed E-state index contributed by atoms with van der Waals surface area (Å²) in [6.07, 6.45) is 6.58. The molecule has 1 saturated heterocycles. The van der Waals surface area contributed by atoms with Crippen molar-refractivity contribution in [3.8, 4) is 0 Å². The summed E-state index contributed by atoms with van der Waals surface area (Å²) in [6.45, 7) is 13.4. The van der Waals surface area contributed by atoms with Gasteiger partial charge in [-0.15, -0.1) is 11.3 Å². The van der Waals surface area contributed by atoms with E-state index in [-0.39, 0.29) is 59.4 Å². The number of rotatable bonds is 17. The van der Waals surface area contributed by atoms with Gasteiger partial charge < -0.3 is 24.8 Å². The Morgan fingerprint density at radius 2 is 1.78 bits per heavy atom. The van der Waals surface area contributed by atoms with Crippen LogP contribution in [-0.4, -0.2) is 101 Å². The molecule has 13 heteroatoms. The SMILES string of the molecule is CCCCN1CCCC[C@@H]1C(O)N[C@H](C(=O)N(C)[C@H](C[C@@H](OC(C)=O)c1nc(C(=O)N[C@H]2CC[C@H](C(=O)OC)CC2)cs1)C(C)C)C(C)C. The number of piperidine rings is 1. The van der Waals surface area contributed by atoms with Gasteiger partial charge in [0.25, 0.3) is 5.91 Å². The second-order valence-corrected chi connectivity index (χ2v) is 15.4. The Morgan fingerprint density at radius 3 is 2.37 bits per heavy atom. The third kappa shape index (κ3) is 11.7. The van der Waals surface area contributed by atoms with Crippen molar-refractivity contribution >= 4 is 35.1 Å². The first-order valence-corrected chi connectivity index (χ1v) is 19.1. The molecule has 0 radical (unpaired) electrons. The topological polar surface area (TPSA) is 150 Å². The maximum atomic E-state index is 14.1. The third-order valence-electron chi connectivity index (χ3n) is 10.1. The molecule has 0 aromatic carbocycles. The van der Waals surface area contributed by atoms with Gasteiger partial charge in [0.2, 0.25) is 5.91 Å². The molecule has 2 aliphatic rings. The van der Waals surface area contributed by atoms with Gasteiger partial charge >= 0.3 is 11.9 Å². The number of carbonyl (C=O) groups excluding carboxylic acids is 4. The summed E-state index contributed by atoms with van der Waals surface area (Å²) in [4.78, 5) is 60.1. The highest BCUT2D eigenvalue weighted by molar-refractivity contribution is 7.09. The molecule has 2 amide bonds. The first-order chi connectivity index (χ1) is 23.3. The number of hydrogen-bond donors (Lipinski definition) is 3. The Labute approximate surface area is 297 Å². The van der Waals surface area contributed by atoms with E-state index in [4.69, 9.17) is 9.47 Å². The molecule has 1 saturated carbocycles. The van der Waals surface area contributed by atoms with E-state index in [9.17, 15) is 24.3 Å². The van der Waals surface area contributed by atoms with Crippen molar-refractivity contribution in [2.24, 2.45) is 17.8 Å². The molecular formula is C36H61N5O7S. The summed E-state index contributed by atoms with van der Waals surface area (Å²) in [5.41, 5.74) is 0.242. The summed E-state index contributed by atoms with van der Waals surface area (Å²) >= 11 is 1.25. The Morgan fingerprint density at radius 1 is 1.08 bits per heavy atom. The number of nitrogens with one attached hydrogen (secondary N) is 2. The van der Waals surface area contributed by atoms with Crippen LogP contribution in [0, 0.1) is 17.8 Å². The van der Waals surface area contributed by atoms with Gasteiger partial charge in [0.05, 0.1) is 19.1 Å². The van der Waals surface area contributed by atoms with E-state index in [1.165, 1.54) is 25.4 Å². The number of aromatic nitrogens is 1. The van der Waals surface area contributed by atoms with Crippen molar-refractivity contribution in [1.29, 1.82) is 0 Å². The molecule has 0 bridgehead atoms. The molecule has 1 aromatic heterocycles. The number of carbonyl (C=O) groups is 4. The number of aliphatic hydroxyl groups excluding tert-OH is 1. The molecule has 1 aromatic rings. The monoisotopic (exact) mass is 707 g/mol. The minimum Gasteiger partial charge on any atom is -0.469 e. The maximum Gasteiger partial charge on any atom is 0.308 e. The smallest absolute Gasteiger partial charge is 0.308 e. The fourth-order valence-corrected chi connectivity index (χ4v) is 8.01. The van der Waals surface area contributed by atoms with Crippen molar-refractivity contribution in [3.63, 3.8) is 0 Å². The number of unbranched alkanes of at least 4 members (excludes halogenated alkanes) is 1. The summed E-state index contributed by atoms with van der Waals surface area (Å²) in [7, 11) is 3.16. The number of esters is 2. The molecule has 2 heterocycles. The molecule has 0 spiro atoms. The predicted molar refractivity (Wildman–Crippen MR) is 190 cm³/mol. The number of hydrogen-bond acceptors (Lipinski definition) is 11. The molecule has 5 atom stereocenters. The van der Waals surface area contributed by atoms with Gasteiger partial charge in [-0.2, -0.15) is 0 Å². The number of amides is 2. The zero-order valence-corrected chi connectivity index (χ0v) is 31.7. The first kappa shape index (κ1) is 40.8. The molecule has 1 aliphatic heterocycles. The van der Waals surface area contributed by atoms with Crippen molar-refractivity contribution in [2.45, 2.75) is 142 Å². The third-order valence-corrected chi connectivity index (χ3v) is 11.1. The Balaban J connectivity index is 1.71. The van der Waals surface area contributed by atoms with Crippen LogP contribution in [0.25, 0.3) is 0 Å². The van der Waals surface area contributed by atoms with Gasteiger partial charge in [-0.1, -0.05) is 47.5 Å². The average Bonchev–Trinajstić information content (AvgIpc) is 3.57. The average molecular weight is 708 g/mol. The van der Waals surface area contributed by atoms with E-state index in [1.807, 2.05) is 27.7 Å². The van der Waals surface area contributed by atoms with Crippen LogP contribution in [-0.2, 0) is 23.9 Å². The van der Waals surface area contributed by atoms with Crippen LogP contribution in [0.3, 0.4) is 0 Å². The summed E-state index contributed by atoms with van der Waals surface area (Å²) in [6, 6.07) is -1.04. The lowest BCUT2D eigenvalue weighted by Crippen LogP contribution is -2.60. The Kier molecular flexibility index (Phi) is 16.4. The number of nitrogens with zero attached hydrogens (tertiary/aromatic N) is 3. The summed E-state index contributed by atoms with van der Waals surface area (Å²) in [5, 5.41) is 19.9. The number of aliphatic hydroxyl groups is 1. The standard InChI is InChI=1S/C36H61N5O7S/c1-9-10-18-41-19-12-11-13-28(41)33(44)39-31(23(4)5)35(45)40(7)29(22(2)3)20-30(48-24(6)42)34-38-27(21-49-34)32(43)37-26-16-14-25(15-17-26)36(46)47-8/h21-23,25-26,28-31,33,39,44H,9-20H2,1-8H3,(H,37,43)/t25-,26-,28-,29-,30-,31+,33?/m1/s1. The van der Waals surface area contributed by atoms with Gasteiger partial charge in [0.15, 0.2) is 6.10 Å². The lowest BCUT2D eigenvalue weighted by atomic mass is 9.86. The second-order valence-electron chi connectivity index (χ2n) is 14.5. The quantitative estimate of drug-likeness (QED) is 0.154. The van der Waals surface area contributed by atoms with Crippen LogP contribution in [0.5, 0.6) is 0 Å². The Hall–Kier alpha value is -2.61. The van der Waals surface area contributed by atoms with E-state index in [0.717, 1.165) is 45.2 Å². The number of likely N-dealkylation sites (tertiary alicyclic amines) is 1. The van der Waals surface area contributed by atoms with Gasteiger partial charge in [0, 0.05) is 43.9 Å². The van der Waals surface area contributed by atoms with Crippen molar-refractivity contribution in [3.05, 3.63) is 16.1 Å². The molecule has 3 N–H and O–H groups in total. The lowest BCUT2D eigenvalue weighted by Gasteiger charge is -2.41. The molecule has 2 fully saturated rings. The molecule has 1 aliphatic carbocycles. The van der Waals surface area contributed by atoms with Crippen molar-refractivity contribution < 1.29 is 33.8 Å². The number of thiazole rings is 1. The zero-order valence-electron chi connectivity index (χ0n) is 30.9. The van der Waals surface area contributed by atoms with Gasteiger partial charge in [-0.25, -0.2) is 4.98 Å². The highest BCUT2D eigenvalue weighted by atomic mass is 32.1. The molecule has 1 unspecified atom stereocenters. The van der Waals surface area contributed by atoms with Gasteiger partial charge in [0.1, 0.15) is 16.9 Å². The van der Waals surface area contributed by atoms with Crippen LogP contribution in [0.4, 0.5) is 0 Å². The second kappa shape index (κ2) is 19.7. The van der Waals surface area contributed by atoms with E-state index in [0.29, 0.717) is 37.1 Å². The first-order valence-electron chi connectivity index (χ1n) is 18.2. The Bertz CT molecular complexity index is 1220. The number of ether oxygens (including phenoxy) is 2. The lowest BCUT2D eigenvalue weighted by molar-refractivity contribution is -0.149. The highest BCUT2D eigenvalue weighted by Crippen LogP contribution is 2.32. The highest BCUT2D eigenvalue weighted by Gasteiger charge is 2.37. The largest absolute Gasteiger partial charge is 0.469 e. The van der Waals surface area contributed by atoms with Crippen molar-refractivity contribution in [1.82, 2.24) is 25.4 Å². The van der Waals surface area contributed by atoms with E-state index in [2.05, 4.69) is 27.4 Å². The van der Waals surface area contributed by atoms with Crippen LogP contribution in [0.2, 0.25) is 0 Å². The minimum absolute atomic E-state index is 0.00970.